The third kappa shape index (κ3) is 12.0. The lowest BCUT2D eigenvalue weighted by atomic mass is 10.2. The van der Waals surface area contributed by atoms with Crippen LogP contribution in [-0.2, 0) is 19.6 Å². The zero-order valence-electron chi connectivity index (χ0n) is 18.3. The number of unbranched alkanes of at least 4 members (excludes halogenated alkanes) is 3. The number of carbonyl (C=O) groups excluding carboxylic acids is 2. The van der Waals surface area contributed by atoms with Crippen LogP contribution >= 0.6 is 0 Å². The second kappa shape index (κ2) is 14.3. The Morgan fingerprint density at radius 1 is 0.733 bits per heavy atom. The monoisotopic (exact) mass is 416 g/mol. The number of hydrogen-bond acceptors (Lipinski definition) is 6. The summed E-state index contributed by atoms with van der Waals surface area (Å²) in [7, 11) is 0. The third-order valence-corrected chi connectivity index (χ3v) is 3.60. The largest absolute Gasteiger partial charge is 0.386 e. The van der Waals surface area contributed by atoms with E-state index in [0.717, 1.165) is 13.0 Å². The van der Waals surface area contributed by atoms with Crippen LogP contribution in [-0.4, -0.2) is 24.1 Å². The van der Waals surface area contributed by atoms with E-state index in [1.165, 1.54) is 19.3 Å². The molecule has 30 heavy (non-hydrogen) atoms. The molecule has 0 fully saturated rings. The van der Waals surface area contributed by atoms with Gasteiger partial charge in [0.1, 0.15) is 0 Å². The Bertz CT molecular complexity index is 671. The van der Waals surface area contributed by atoms with Crippen molar-refractivity contribution in [2.75, 3.05) is 6.61 Å². The average molecular weight is 417 g/mol. The van der Waals surface area contributed by atoms with E-state index in [0.29, 0.717) is 11.1 Å². The van der Waals surface area contributed by atoms with Gasteiger partial charge in [0.2, 0.25) is 0 Å². The van der Waals surface area contributed by atoms with E-state index >= 15 is 0 Å². The molecule has 2 rings (SSSR count). The van der Waals surface area contributed by atoms with Crippen LogP contribution in [0.3, 0.4) is 0 Å². The topological polar surface area (TPSA) is 71.1 Å². The molecule has 2 aromatic rings. The van der Waals surface area contributed by atoms with Crippen LogP contribution in [0.5, 0.6) is 0 Å². The second-order valence-corrected chi connectivity index (χ2v) is 7.55. The molecule has 0 radical (unpaired) electrons. The first-order valence-corrected chi connectivity index (χ1v) is 10.2. The van der Waals surface area contributed by atoms with Gasteiger partial charge in [-0.1, -0.05) is 62.6 Å². The number of carbonyl (C=O) groups is 2. The van der Waals surface area contributed by atoms with E-state index in [1.807, 2.05) is 20.8 Å². The Kier molecular flexibility index (Phi) is 12.1. The number of hydrogen-bond donors (Lipinski definition) is 0. The summed E-state index contributed by atoms with van der Waals surface area (Å²) in [6.45, 7) is 8.88. The highest BCUT2D eigenvalue weighted by molar-refractivity contribution is 5.92. The zero-order chi connectivity index (χ0) is 22.2. The first-order chi connectivity index (χ1) is 14.3. The maximum Gasteiger partial charge on any atom is 0.386 e. The van der Waals surface area contributed by atoms with Crippen molar-refractivity contribution in [2.24, 2.45) is 0 Å². The van der Waals surface area contributed by atoms with Crippen molar-refractivity contribution in [3.8, 4) is 0 Å². The highest BCUT2D eigenvalue weighted by Crippen LogP contribution is 2.08. The highest BCUT2D eigenvalue weighted by atomic mass is 17.2. The van der Waals surface area contributed by atoms with Gasteiger partial charge in [-0.25, -0.2) is 29.1 Å². The first kappa shape index (κ1) is 25.3. The lowest BCUT2D eigenvalue weighted by Gasteiger charge is -2.17. The van der Waals surface area contributed by atoms with Crippen molar-refractivity contribution in [1.29, 1.82) is 0 Å². The molecule has 0 bridgehead atoms. The van der Waals surface area contributed by atoms with Gasteiger partial charge < -0.3 is 0 Å². The Morgan fingerprint density at radius 3 is 1.60 bits per heavy atom. The van der Waals surface area contributed by atoms with Gasteiger partial charge in [0.25, 0.3) is 0 Å². The number of benzene rings is 2. The molecular formula is C24H32O6. The summed E-state index contributed by atoms with van der Waals surface area (Å²) in [5.41, 5.74) is 0.460. The molecule has 0 aromatic heterocycles. The van der Waals surface area contributed by atoms with E-state index in [9.17, 15) is 9.59 Å². The van der Waals surface area contributed by atoms with Crippen LogP contribution in [0.2, 0.25) is 0 Å². The zero-order valence-corrected chi connectivity index (χ0v) is 18.3. The molecule has 2 aromatic carbocycles. The van der Waals surface area contributed by atoms with Crippen molar-refractivity contribution in [3.05, 3.63) is 71.8 Å². The van der Waals surface area contributed by atoms with Gasteiger partial charge >= 0.3 is 11.9 Å². The van der Waals surface area contributed by atoms with Crippen molar-refractivity contribution < 1.29 is 29.1 Å². The summed E-state index contributed by atoms with van der Waals surface area (Å²) in [4.78, 5) is 42.0. The molecule has 6 nitrogen and oxygen atoms in total. The fourth-order valence-electron chi connectivity index (χ4n) is 2.13. The molecular weight excluding hydrogens is 384 g/mol. The molecule has 164 valence electrons. The van der Waals surface area contributed by atoms with Crippen LogP contribution in [0.25, 0.3) is 0 Å². The normalized spacial score (nSPS) is 10.5. The molecule has 0 aliphatic rings. The Morgan fingerprint density at radius 2 is 1.20 bits per heavy atom. The van der Waals surface area contributed by atoms with E-state index in [2.05, 4.69) is 16.7 Å². The molecule has 0 atom stereocenters. The minimum absolute atomic E-state index is 0.176. The summed E-state index contributed by atoms with van der Waals surface area (Å²) in [5.74, 6) is -1.42. The van der Waals surface area contributed by atoms with E-state index in [-0.39, 0.29) is 5.60 Å². The van der Waals surface area contributed by atoms with Crippen molar-refractivity contribution in [3.63, 3.8) is 0 Å². The van der Waals surface area contributed by atoms with Gasteiger partial charge in [0.15, 0.2) is 0 Å². The molecule has 0 aliphatic heterocycles. The molecule has 0 N–H and O–H groups in total. The summed E-state index contributed by atoms with van der Waals surface area (Å²) in [6, 6.07) is 16.6. The standard InChI is InChI=1S/C14H10O4.C10H22O2/c15-13(11-7-3-1-4-8-11)17-18-14(16)12-9-5-2-6-10-12;1-5-6-7-8-9-11-12-10(2,3)4/h1-10H;5-9H2,1-4H3. The molecule has 0 unspecified atom stereocenters. The molecule has 0 saturated heterocycles. The van der Waals surface area contributed by atoms with Gasteiger partial charge in [-0.05, 0) is 51.5 Å². The predicted octanol–water partition coefficient (Wildman–Crippen LogP) is 5.93. The highest BCUT2D eigenvalue weighted by Gasteiger charge is 2.13. The lowest BCUT2D eigenvalue weighted by Crippen LogP contribution is -2.19. The van der Waals surface area contributed by atoms with Gasteiger partial charge in [0.05, 0.1) is 23.3 Å². The van der Waals surface area contributed by atoms with Crippen molar-refractivity contribution in [2.45, 2.75) is 59.0 Å². The maximum atomic E-state index is 11.5. The molecule has 0 amide bonds. The second-order valence-electron chi connectivity index (χ2n) is 7.55. The Hall–Kier alpha value is -2.70. The van der Waals surface area contributed by atoms with Crippen LogP contribution in [0.4, 0.5) is 0 Å². The van der Waals surface area contributed by atoms with Crippen LogP contribution < -0.4 is 0 Å². The summed E-state index contributed by atoms with van der Waals surface area (Å²) in [5, 5.41) is 0. The fourth-order valence-corrected chi connectivity index (χ4v) is 2.13. The van der Waals surface area contributed by atoms with E-state index in [1.54, 1.807) is 60.7 Å². The van der Waals surface area contributed by atoms with Gasteiger partial charge in [-0.15, -0.1) is 0 Å². The quantitative estimate of drug-likeness (QED) is 0.302. The third-order valence-electron chi connectivity index (χ3n) is 3.60. The van der Waals surface area contributed by atoms with Crippen LogP contribution in [0.15, 0.2) is 60.7 Å². The fraction of sp³-hybridized carbons (Fsp3) is 0.417. The van der Waals surface area contributed by atoms with Gasteiger partial charge in [-0.3, -0.25) is 0 Å². The minimum atomic E-state index is -0.708. The Labute approximate surface area is 179 Å². The summed E-state index contributed by atoms with van der Waals surface area (Å²) >= 11 is 0. The van der Waals surface area contributed by atoms with Crippen LogP contribution in [0.1, 0.15) is 74.1 Å². The van der Waals surface area contributed by atoms with Gasteiger partial charge in [-0.2, -0.15) is 0 Å². The Balaban J connectivity index is 0.000000329. The lowest BCUT2D eigenvalue weighted by molar-refractivity contribution is -0.348. The molecule has 0 heterocycles. The SMILES string of the molecule is CCCCCCOOC(C)(C)C.O=C(OOC(=O)c1ccccc1)c1ccccc1. The summed E-state index contributed by atoms with van der Waals surface area (Å²) < 4.78 is 0. The average Bonchev–Trinajstić information content (AvgIpc) is 2.75. The molecule has 0 spiro atoms. The predicted molar refractivity (Wildman–Crippen MR) is 115 cm³/mol. The maximum absolute atomic E-state index is 11.5. The smallest absolute Gasteiger partial charge is 0.242 e. The van der Waals surface area contributed by atoms with Crippen molar-refractivity contribution in [1.82, 2.24) is 0 Å². The molecule has 6 heteroatoms. The van der Waals surface area contributed by atoms with Gasteiger partial charge in [0, 0.05) is 0 Å². The molecule has 0 saturated carbocycles. The minimum Gasteiger partial charge on any atom is -0.242 e. The van der Waals surface area contributed by atoms with Crippen molar-refractivity contribution >= 4 is 11.9 Å². The molecule has 0 aliphatic carbocycles. The van der Waals surface area contributed by atoms with E-state index in [4.69, 9.17) is 9.78 Å². The number of rotatable bonds is 8. The first-order valence-electron chi connectivity index (χ1n) is 10.2. The van der Waals surface area contributed by atoms with E-state index < -0.39 is 11.9 Å². The van der Waals surface area contributed by atoms with Crippen LogP contribution in [0, 0.1) is 0 Å². The summed E-state index contributed by atoms with van der Waals surface area (Å²) in [6.07, 6.45) is 4.90.